The first-order chi connectivity index (χ1) is 14.2. The molecule has 3 aromatic carbocycles. The molecule has 1 aromatic heterocycles. The summed E-state index contributed by atoms with van der Waals surface area (Å²) in [7, 11) is 1.92. The molecule has 0 spiro atoms. The lowest BCUT2D eigenvalue weighted by atomic mass is 10.1. The molecule has 5 nitrogen and oxygen atoms in total. The fourth-order valence-corrected chi connectivity index (χ4v) is 3.74. The van der Waals surface area contributed by atoms with Gasteiger partial charge in [-0.1, -0.05) is 54.6 Å². The number of nitrogens with zero attached hydrogens (tertiary/aromatic N) is 2. The third-order valence-corrected chi connectivity index (χ3v) is 5.11. The quantitative estimate of drug-likeness (QED) is 0.534. The highest BCUT2D eigenvalue weighted by Crippen LogP contribution is 2.30. The van der Waals surface area contributed by atoms with Gasteiger partial charge in [-0.15, -0.1) is 0 Å². The van der Waals surface area contributed by atoms with Crippen molar-refractivity contribution in [2.75, 3.05) is 7.05 Å². The van der Waals surface area contributed by atoms with Gasteiger partial charge >= 0.3 is 0 Å². The van der Waals surface area contributed by atoms with E-state index in [1.807, 2.05) is 60.1 Å². The Kier molecular flexibility index (Phi) is 5.28. The Bertz CT molecular complexity index is 1220. The summed E-state index contributed by atoms with van der Waals surface area (Å²) >= 11 is 0. The molecule has 0 bridgehead atoms. The lowest BCUT2D eigenvalue weighted by Gasteiger charge is -2.10. The van der Waals surface area contributed by atoms with Gasteiger partial charge in [0, 0.05) is 29.4 Å². The highest BCUT2D eigenvalue weighted by Gasteiger charge is 2.15. The zero-order chi connectivity index (χ0) is 20.2. The standard InChI is InChI=1S/C24H22N4O/c1-26-14-17-9-11-18(12-10-17)15-27-23(29)16-28-22-8-3-2-6-20(22)21-7-4-5-19(13-25)24(21)28/h2-12,26H,14-16H2,1H3,(H,27,29). The second-order valence-electron chi connectivity index (χ2n) is 7.04. The Hall–Kier alpha value is -3.62. The van der Waals surface area contributed by atoms with E-state index >= 15 is 0 Å². The summed E-state index contributed by atoms with van der Waals surface area (Å²) in [6, 6.07) is 24.1. The largest absolute Gasteiger partial charge is 0.350 e. The van der Waals surface area contributed by atoms with Crippen LogP contribution in [0.15, 0.2) is 66.7 Å². The highest BCUT2D eigenvalue weighted by molar-refractivity contribution is 6.10. The number of carbonyl (C=O) groups excluding carboxylic acids is 1. The van der Waals surface area contributed by atoms with Crippen molar-refractivity contribution in [3.05, 3.63) is 83.4 Å². The number of amides is 1. The lowest BCUT2D eigenvalue weighted by Crippen LogP contribution is -2.27. The Morgan fingerprint density at radius 3 is 2.34 bits per heavy atom. The van der Waals surface area contributed by atoms with Crippen molar-refractivity contribution < 1.29 is 4.79 Å². The molecule has 0 aliphatic heterocycles. The molecule has 5 heteroatoms. The highest BCUT2D eigenvalue weighted by atomic mass is 16.1. The number of aromatic nitrogens is 1. The third kappa shape index (κ3) is 3.71. The lowest BCUT2D eigenvalue weighted by molar-refractivity contribution is -0.121. The molecule has 0 aliphatic rings. The second kappa shape index (κ2) is 8.17. The van der Waals surface area contributed by atoms with E-state index in [-0.39, 0.29) is 12.5 Å². The second-order valence-corrected chi connectivity index (χ2v) is 7.04. The monoisotopic (exact) mass is 382 g/mol. The predicted octanol–water partition coefficient (Wildman–Crippen LogP) is 3.70. The number of carbonyl (C=O) groups is 1. The average molecular weight is 382 g/mol. The molecule has 144 valence electrons. The Morgan fingerprint density at radius 2 is 1.62 bits per heavy atom. The smallest absolute Gasteiger partial charge is 0.240 e. The molecule has 0 aliphatic carbocycles. The zero-order valence-electron chi connectivity index (χ0n) is 16.3. The topological polar surface area (TPSA) is 69.8 Å². The molecule has 4 aromatic rings. The predicted molar refractivity (Wildman–Crippen MR) is 115 cm³/mol. The van der Waals surface area contributed by atoms with Crippen molar-refractivity contribution >= 4 is 27.7 Å². The van der Waals surface area contributed by atoms with Crippen LogP contribution < -0.4 is 10.6 Å². The number of hydrogen-bond acceptors (Lipinski definition) is 3. The summed E-state index contributed by atoms with van der Waals surface area (Å²) in [6.45, 7) is 1.46. The number of nitrogens with one attached hydrogen (secondary N) is 2. The minimum atomic E-state index is -0.0836. The molecule has 1 amide bonds. The van der Waals surface area contributed by atoms with Crippen molar-refractivity contribution in [2.24, 2.45) is 0 Å². The van der Waals surface area contributed by atoms with Crippen LogP contribution in [-0.4, -0.2) is 17.5 Å². The van der Waals surface area contributed by atoms with Crippen molar-refractivity contribution in [1.29, 1.82) is 5.26 Å². The zero-order valence-corrected chi connectivity index (χ0v) is 16.3. The van der Waals surface area contributed by atoms with E-state index in [0.717, 1.165) is 33.9 Å². The number of fused-ring (bicyclic) bond motifs is 3. The first-order valence-corrected chi connectivity index (χ1v) is 9.60. The minimum absolute atomic E-state index is 0.0836. The average Bonchev–Trinajstić information content (AvgIpc) is 3.07. The van der Waals surface area contributed by atoms with Crippen LogP contribution in [0, 0.1) is 11.3 Å². The molecular formula is C24H22N4O. The molecule has 1 heterocycles. The van der Waals surface area contributed by atoms with Gasteiger partial charge in [-0.2, -0.15) is 5.26 Å². The molecule has 2 N–H and O–H groups in total. The number of hydrogen-bond donors (Lipinski definition) is 2. The van der Waals surface area contributed by atoms with Gasteiger partial charge < -0.3 is 15.2 Å². The number of rotatable bonds is 6. The molecule has 0 radical (unpaired) electrons. The van der Waals surface area contributed by atoms with Crippen LogP contribution >= 0.6 is 0 Å². The van der Waals surface area contributed by atoms with E-state index < -0.39 is 0 Å². The Morgan fingerprint density at radius 1 is 0.931 bits per heavy atom. The van der Waals surface area contributed by atoms with E-state index in [0.29, 0.717) is 12.1 Å². The Balaban J connectivity index is 1.58. The molecule has 4 rings (SSSR count). The van der Waals surface area contributed by atoms with E-state index in [1.54, 1.807) is 6.07 Å². The van der Waals surface area contributed by atoms with Crippen molar-refractivity contribution in [1.82, 2.24) is 15.2 Å². The van der Waals surface area contributed by atoms with Crippen LogP contribution in [0.1, 0.15) is 16.7 Å². The van der Waals surface area contributed by atoms with Crippen LogP contribution in [0.3, 0.4) is 0 Å². The van der Waals surface area contributed by atoms with Crippen LogP contribution in [0.2, 0.25) is 0 Å². The summed E-state index contributed by atoms with van der Waals surface area (Å²) in [5.74, 6) is -0.0836. The van der Waals surface area contributed by atoms with Crippen molar-refractivity contribution in [3.8, 4) is 6.07 Å². The van der Waals surface area contributed by atoms with Crippen LogP contribution in [0.4, 0.5) is 0 Å². The SMILES string of the molecule is CNCc1ccc(CNC(=O)Cn2c3ccccc3c3cccc(C#N)c32)cc1. The van der Waals surface area contributed by atoms with Gasteiger partial charge in [0.15, 0.2) is 0 Å². The maximum atomic E-state index is 12.7. The fourth-order valence-electron chi connectivity index (χ4n) is 3.74. The minimum Gasteiger partial charge on any atom is -0.350 e. The van der Waals surface area contributed by atoms with Gasteiger partial charge in [0.1, 0.15) is 12.6 Å². The van der Waals surface area contributed by atoms with Crippen LogP contribution in [-0.2, 0) is 24.4 Å². The van der Waals surface area contributed by atoms with Crippen LogP contribution in [0.25, 0.3) is 21.8 Å². The molecule has 0 saturated heterocycles. The van der Waals surface area contributed by atoms with Gasteiger partial charge in [-0.3, -0.25) is 4.79 Å². The summed E-state index contributed by atoms with van der Waals surface area (Å²) in [5.41, 5.74) is 4.60. The molecule has 0 fully saturated rings. The van der Waals surface area contributed by atoms with Crippen LogP contribution in [0.5, 0.6) is 0 Å². The van der Waals surface area contributed by atoms with Gasteiger partial charge in [0.05, 0.1) is 11.1 Å². The van der Waals surface area contributed by atoms with E-state index in [4.69, 9.17) is 0 Å². The molecule has 29 heavy (non-hydrogen) atoms. The maximum absolute atomic E-state index is 12.7. The first-order valence-electron chi connectivity index (χ1n) is 9.60. The van der Waals surface area contributed by atoms with Crippen molar-refractivity contribution in [3.63, 3.8) is 0 Å². The summed E-state index contributed by atoms with van der Waals surface area (Å²) in [5, 5.41) is 17.7. The summed E-state index contributed by atoms with van der Waals surface area (Å²) in [4.78, 5) is 12.7. The summed E-state index contributed by atoms with van der Waals surface area (Å²) in [6.07, 6.45) is 0. The van der Waals surface area contributed by atoms with E-state index in [9.17, 15) is 10.1 Å². The van der Waals surface area contributed by atoms with Gasteiger partial charge in [0.2, 0.25) is 5.91 Å². The van der Waals surface area contributed by atoms with Gasteiger partial charge in [-0.25, -0.2) is 0 Å². The Labute approximate surface area is 169 Å². The van der Waals surface area contributed by atoms with Crippen molar-refractivity contribution in [2.45, 2.75) is 19.6 Å². The van der Waals surface area contributed by atoms with Gasteiger partial charge in [-0.05, 0) is 30.3 Å². The number of nitriles is 1. The number of benzene rings is 3. The maximum Gasteiger partial charge on any atom is 0.240 e. The number of para-hydroxylation sites is 2. The normalized spacial score (nSPS) is 10.9. The molecular weight excluding hydrogens is 360 g/mol. The molecule has 0 unspecified atom stereocenters. The third-order valence-electron chi connectivity index (χ3n) is 5.11. The van der Waals surface area contributed by atoms with Gasteiger partial charge in [0.25, 0.3) is 0 Å². The van der Waals surface area contributed by atoms with E-state index in [2.05, 4.69) is 28.8 Å². The first kappa shape index (κ1) is 18.7. The molecule has 0 atom stereocenters. The fraction of sp³-hybridized carbons (Fsp3) is 0.167. The molecule has 0 saturated carbocycles. The van der Waals surface area contributed by atoms with E-state index in [1.165, 1.54) is 5.56 Å². The summed E-state index contributed by atoms with van der Waals surface area (Å²) < 4.78 is 1.94.